The molecule has 0 spiro atoms. The van der Waals surface area contributed by atoms with Gasteiger partial charge in [-0.25, -0.2) is 4.79 Å². The first kappa shape index (κ1) is 16.3. The Hall–Kier alpha value is -2.04. The number of amides is 2. The van der Waals surface area contributed by atoms with Gasteiger partial charge in [-0.15, -0.1) is 0 Å². The van der Waals surface area contributed by atoms with Gasteiger partial charge in [-0.1, -0.05) is 30.3 Å². The molecule has 2 amide bonds. The van der Waals surface area contributed by atoms with E-state index in [1.54, 1.807) is 0 Å². The number of aliphatic carboxylic acids is 1. The molecule has 1 saturated heterocycles. The Morgan fingerprint density at radius 2 is 2.00 bits per heavy atom. The van der Waals surface area contributed by atoms with Crippen molar-refractivity contribution < 1.29 is 14.7 Å². The van der Waals surface area contributed by atoms with Gasteiger partial charge in [0.15, 0.2) is 0 Å². The van der Waals surface area contributed by atoms with Gasteiger partial charge < -0.3 is 15.3 Å². The minimum atomic E-state index is -0.889. The molecule has 0 radical (unpaired) electrons. The summed E-state index contributed by atoms with van der Waals surface area (Å²) in [5, 5.41) is 11.4. The van der Waals surface area contributed by atoms with Crippen molar-refractivity contribution in [1.82, 2.24) is 10.2 Å². The molecule has 2 rings (SSSR count). The third-order valence-corrected chi connectivity index (χ3v) is 4.11. The highest BCUT2D eigenvalue weighted by Gasteiger charge is 2.26. The zero-order valence-electron chi connectivity index (χ0n) is 12.8. The Morgan fingerprint density at radius 1 is 1.23 bits per heavy atom. The number of carbonyl (C=O) groups excluding carboxylic acids is 1. The Kier molecular flexibility index (Phi) is 6.25. The predicted molar refractivity (Wildman–Crippen MR) is 84.8 cm³/mol. The van der Waals surface area contributed by atoms with Crippen molar-refractivity contribution >= 4 is 12.0 Å². The highest BCUT2D eigenvalue weighted by Crippen LogP contribution is 2.21. The van der Waals surface area contributed by atoms with E-state index in [1.807, 2.05) is 23.1 Å². The standard InChI is InChI=1S/C17H24N2O3/c20-16(21)11-12-18-17(22)19-13-5-4-8-15(19)10-9-14-6-2-1-3-7-14/h1-3,6-7,15H,4-5,8-13H2,(H,18,22)(H,20,21). The van der Waals surface area contributed by atoms with Crippen LogP contribution in [0.1, 0.15) is 37.7 Å². The van der Waals surface area contributed by atoms with Crippen LogP contribution in [0.5, 0.6) is 0 Å². The summed E-state index contributed by atoms with van der Waals surface area (Å²) in [7, 11) is 0. The Morgan fingerprint density at radius 3 is 2.73 bits per heavy atom. The quantitative estimate of drug-likeness (QED) is 0.849. The number of nitrogens with one attached hydrogen (secondary N) is 1. The lowest BCUT2D eigenvalue weighted by Crippen LogP contribution is -2.49. The molecule has 1 aliphatic rings. The van der Waals surface area contributed by atoms with E-state index >= 15 is 0 Å². The first-order valence-electron chi connectivity index (χ1n) is 7.97. The second-order valence-electron chi connectivity index (χ2n) is 5.74. The number of nitrogens with zero attached hydrogens (tertiary/aromatic N) is 1. The third kappa shape index (κ3) is 5.06. The van der Waals surface area contributed by atoms with Crippen molar-refractivity contribution in [2.24, 2.45) is 0 Å². The molecular formula is C17H24N2O3. The summed E-state index contributed by atoms with van der Waals surface area (Å²) >= 11 is 0. The highest BCUT2D eigenvalue weighted by atomic mass is 16.4. The molecule has 1 atom stereocenters. The fourth-order valence-corrected chi connectivity index (χ4v) is 2.92. The van der Waals surface area contributed by atoms with Gasteiger partial charge in [0.2, 0.25) is 0 Å². The Labute approximate surface area is 131 Å². The third-order valence-electron chi connectivity index (χ3n) is 4.11. The van der Waals surface area contributed by atoms with Crippen LogP contribution in [-0.2, 0) is 11.2 Å². The molecule has 120 valence electrons. The molecule has 0 saturated carbocycles. The fraction of sp³-hybridized carbons (Fsp3) is 0.529. The van der Waals surface area contributed by atoms with E-state index in [-0.39, 0.29) is 25.0 Å². The number of aryl methyl sites for hydroxylation is 1. The number of piperidine rings is 1. The second-order valence-corrected chi connectivity index (χ2v) is 5.74. The van der Waals surface area contributed by atoms with E-state index in [9.17, 15) is 9.59 Å². The maximum atomic E-state index is 12.2. The molecule has 1 fully saturated rings. The van der Waals surface area contributed by atoms with E-state index in [0.717, 1.165) is 38.6 Å². The van der Waals surface area contributed by atoms with Gasteiger partial charge in [0.25, 0.3) is 0 Å². The van der Waals surface area contributed by atoms with Crippen molar-refractivity contribution in [2.75, 3.05) is 13.1 Å². The zero-order chi connectivity index (χ0) is 15.8. The first-order valence-corrected chi connectivity index (χ1v) is 7.97. The van der Waals surface area contributed by atoms with E-state index < -0.39 is 5.97 Å². The van der Waals surface area contributed by atoms with Crippen LogP contribution < -0.4 is 5.32 Å². The van der Waals surface area contributed by atoms with E-state index in [2.05, 4.69) is 17.4 Å². The molecule has 1 heterocycles. The molecule has 2 N–H and O–H groups in total. The van der Waals surface area contributed by atoms with Crippen LogP contribution in [0.3, 0.4) is 0 Å². The number of benzene rings is 1. The molecule has 1 aromatic rings. The van der Waals surface area contributed by atoms with Gasteiger partial charge in [-0.3, -0.25) is 4.79 Å². The summed E-state index contributed by atoms with van der Waals surface area (Å²) < 4.78 is 0. The number of carbonyl (C=O) groups is 2. The monoisotopic (exact) mass is 304 g/mol. The van der Waals surface area contributed by atoms with Gasteiger partial charge in [-0.05, 0) is 37.7 Å². The van der Waals surface area contributed by atoms with E-state index in [4.69, 9.17) is 5.11 Å². The summed E-state index contributed by atoms with van der Waals surface area (Å²) in [6.07, 6.45) is 5.08. The normalized spacial score (nSPS) is 18.0. The number of urea groups is 1. The second kappa shape index (κ2) is 8.41. The van der Waals surface area contributed by atoms with Crippen molar-refractivity contribution in [3.8, 4) is 0 Å². The summed E-state index contributed by atoms with van der Waals surface area (Å²) in [6, 6.07) is 10.4. The van der Waals surface area contributed by atoms with Crippen LogP contribution in [0.15, 0.2) is 30.3 Å². The predicted octanol–water partition coefficient (Wildman–Crippen LogP) is 2.66. The van der Waals surface area contributed by atoms with Crippen LogP contribution in [0, 0.1) is 0 Å². The fourth-order valence-electron chi connectivity index (χ4n) is 2.92. The van der Waals surface area contributed by atoms with Crippen LogP contribution in [0.2, 0.25) is 0 Å². The first-order chi connectivity index (χ1) is 10.7. The molecule has 0 bridgehead atoms. The molecule has 0 aromatic heterocycles. The lowest BCUT2D eigenvalue weighted by molar-refractivity contribution is -0.136. The van der Waals surface area contributed by atoms with Crippen LogP contribution in [-0.4, -0.2) is 41.1 Å². The summed E-state index contributed by atoms with van der Waals surface area (Å²) in [5.41, 5.74) is 1.29. The molecule has 5 nitrogen and oxygen atoms in total. The lowest BCUT2D eigenvalue weighted by atomic mass is 9.96. The topological polar surface area (TPSA) is 69.6 Å². The number of hydrogen-bond donors (Lipinski definition) is 2. The van der Waals surface area contributed by atoms with Crippen molar-refractivity contribution in [3.63, 3.8) is 0 Å². The van der Waals surface area contributed by atoms with Crippen molar-refractivity contribution in [1.29, 1.82) is 0 Å². The van der Waals surface area contributed by atoms with Gasteiger partial charge >= 0.3 is 12.0 Å². The summed E-state index contributed by atoms with van der Waals surface area (Å²) in [5.74, 6) is -0.889. The van der Waals surface area contributed by atoms with Crippen LogP contribution in [0.25, 0.3) is 0 Å². The maximum Gasteiger partial charge on any atom is 0.317 e. The van der Waals surface area contributed by atoms with E-state index in [1.165, 1.54) is 5.56 Å². The number of carboxylic acid groups (broad SMARTS) is 1. The largest absolute Gasteiger partial charge is 0.481 e. The van der Waals surface area contributed by atoms with Crippen LogP contribution in [0.4, 0.5) is 4.79 Å². The van der Waals surface area contributed by atoms with Gasteiger partial charge in [0, 0.05) is 19.1 Å². The number of hydrogen-bond acceptors (Lipinski definition) is 2. The van der Waals surface area contributed by atoms with Crippen molar-refractivity contribution in [3.05, 3.63) is 35.9 Å². The van der Waals surface area contributed by atoms with Crippen molar-refractivity contribution in [2.45, 2.75) is 44.6 Å². The Balaban J connectivity index is 1.84. The van der Waals surface area contributed by atoms with Gasteiger partial charge in [0.05, 0.1) is 6.42 Å². The van der Waals surface area contributed by atoms with Crippen LogP contribution >= 0.6 is 0 Å². The van der Waals surface area contributed by atoms with Gasteiger partial charge in [-0.2, -0.15) is 0 Å². The van der Waals surface area contributed by atoms with Gasteiger partial charge in [0.1, 0.15) is 0 Å². The molecule has 1 aliphatic heterocycles. The molecule has 5 heteroatoms. The molecule has 0 aliphatic carbocycles. The molecule has 22 heavy (non-hydrogen) atoms. The zero-order valence-corrected chi connectivity index (χ0v) is 12.8. The number of likely N-dealkylation sites (tertiary alicyclic amines) is 1. The minimum absolute atomic E-state index is 0.0335. The molecular weight excluding hydrogens is 280 g/mol. The average Bonchev–Trinajstić information content (AvgIpc) is 2.54. The molecule has 1 unspecified atom stereocenters. The Bertz CT molecular complexity index is 490. The number of rotatable bonds is 6. The average molecular weight is 304 g/mol. The summed E-state index contributed by atoms with van der Waals surface area (Å²) in [6.45, 7) is 0.953. The smallest absolute Gasteiger partial charge is 0.317 e. The molecule has 1 aromatic carbocycles. The number of carboxylic acids is 1. The van der Waals surface area contributed by atoms with E-state index in [0.29, 0.717) is 0 Å². The SMILES string of the molecule is O=C(O)CCNC(=O)N1CCCCC1CCc1ccccc1. The summed E-state index contributed by atoms with van der Waals surface area (Å²) in [4.78, 5) is 24.6. The lowest BCUT2D eigenvalue weighted by Gasteiger charge is -2.36. The maximum absolute atomic E-state index is 12.2. The highest BCUT2D eigenvalue weighted by molar-refractivity contribution is 5.75. The minimum Gasteiger partial charge on any atom is -0.481 e.